The van der Waals surface area contributed by atoms with Gasteiger partial charge in [-0.3, -0.25) is 5.01 Å². The first-order chi connectivity index (χ1) is 12.9. The zero-order valence-corrected chi connectivity index (χ0v) is 14.7. The van der Waals surface area contributed by atoms with E-state index in [0.29, 0.717) is 0 Å². The van der Waals surface area contributed by atoms with Crippen molar-refractivity contribution in [2.75, 3.05) is 18.1 Å². The van der Waals surface area contributed by atoms with Crippen LogP contribution in [-0.2, 0) is 12.8 Å². The van der Waals surface area contributed by atoms with Crippen LogP contribution in [0.15, 0.2) is 84.9 Å². The Morgan fingerprint density at radius 3 is 1.46 bits per heavy atom. The monoisotopic (exact) mass is 342 g/mol. The Morgan fingerprint density at radius 1 is 0.577 bits per heavy atom. The van der Waals surface area contributed by atoms with Gasteiger partial charge in [0, 0.05) is 13.1 Å². The molecular weight excluding hydrogens is 320 g/mol. The van der Waals surface area contributed by atoms with E-state index in [1.165, 1.54) is 11.1 Å². The maximum absolute atomic E-state index is 4.67. The van der Waals surface area contributed by atoms with Crippen LogP contribution in [0.1, 0.15) is 11.1 Å². The third-order valence-electron chi connectivity index (χ3n) is 4.53. The molecular formula is C22H22N4. The van der Waals surface area contributed by atoms with Crippen LogP contribution in [0.2, 0.25) is 0 Å². The molecule has 0 fully saturated rings. The molecule has 130 valence electrons. The summed E-state index contributed by atoms with van der Waals surface area (Å²) >= 11 is 0. The number of rotatable bonds is 7. The van der Waals surface area contributed by atoms with Gasteiger partial charge >= 0.3 is 0 Å². The van der Waals surface area contributed by atoms with Crippen molar-refractivity contribution in [3.8, 4) is 0 Å². The van der Waals surface area contributed by atoms with Crippen LogP contribution in [0.5, 0.6) is 0 Å². The van der Waals surface area contributed by atoms with Crippen molar-refractivity contribution in [3.05, 3.63) is 96.1 Å². The van der Waals surface area contributed by atoms with Crippen molar-refractivity contribution < 1.29 is 0 Å². The van der Waals surface area contributed by atoms with E-state index < -0.39 is 0 Å². The average molecular weight is 342 g/mol. The first-order valence-electron chi connectivity index (χ1n) is 9.04. The first kappa shape index (κ1) is 16.3. The number of benzene rings is 3. The molecule has 1 aromatic heterocycles. The minimum Gasteiger partial charge on any atom is -0.279 e. The zero-order valence-electron chi connectivity index (χ0n) is 14.7. The van der Waals surface area contributed by atoms with Crippen molar-refractivity contribution in [3.63, 3.8) is 0 Å². The van der Waals surface area contributed by atoms with Crippen LogP contribution in [-0.4, -0.2) is 28.2 Å². The molecule has 0 bridgehead atoms. The van der Waals surface area contributed by atoms with Crippen LogP contribution < -0.4 is 5.01 Å². The quantitative estimate of drug-likeness (QED) is 0.511. The van der Waals surface area contributed by atoms with E-state index in [2.05, 4.69) is 75.9 Å². The van der Waals surface area contributed by atoms with Gasteiger partial charge in [-0.2, -0.15) is 0 Å². The van der Waals surface area contributed by atoms with Crippen LogP contribution >= 0.6 is 0 Å². The molecule has 0 saturated carbocycles. The second kappa shape index (κ2) is 7.83. The predicted octanol–water partition coefficient (Wildman–Crippen LogP) is 3.85. The summed E-state index contributed by atoms with van der Waals surface area (Å²) in [6.07, 6.45) is 1.93. The summed E-state index contributed by atoms with van der Waals surface area (Å²) in [5.74, 6) is 0. The molecule has 0 atom stereocenters. The number of aromatic nitrogens is 3. The lowest BCUT2D eigenvalue weighted by molar-refractivity contribution is 0.477. The highest BCUT2D eigenvalue weighted by Crippen LogP contribution is 2.09. The van der Waals surface area contributed by atoms with Crippen LogP contribution in [0.25, 0.3) is 11.0 Å². The highest BCUT2D eigenvalue weighted by Gasteiger charge is 2.11. The first-order valence-corrected chi connectivity index (χ1v) is 9.04. The second-order valence-corrected chi connectivity index (χ2v) is 6.38. The zero-order chi connectivity index (χ0) is 17.6. The van der Waals surface area contributed by atoms with Crippen LogP contribution in [0.3, 0.4) is 0 Å². The molecule has 26 heavy (non-hydrogen) atoms. The summed E-state index contributed by atoms with van der Waals surface area (Å²) in [5, 5.41) is 11.6. The molecule has 0 aliphatic carbocycles. The molecule has 0 radical (unpaired) electrons. The standard InChI is InChI=1S/C22H22N4/c1-3-9-19(10-4-1)15-17-25(18-16-20-11-5-2-6-12-20)26-23-21-13-7-8-14-22(21)24-26/h1-14H,15-18H2. The summed E-state index contributed by atoms with van der Waals surface area (Å²) < 4.78 is 0. The smallest absolute Gasteiger partial charge is 0.115 e. The van der Waals surface area contributed by atoms with Gasteiger partial charge in [-0.1, -0.05) is 77.7 Å². The van der Waals surface area contributed by atoms with Gasteiger partial charge in [0.1, 0.15) is 11.0 Å². The number of fused-ring (bicyclic) bond motifs is 1. The topological polar surface area (TPSA) is 34.0 Å². The summed E-state index contributed by atoms with van der Waals surface area (Å²) in [6.45, 7) is 1.75. The molecule has 0 amide bonds. The summed E-state index contributed by atoms with van der Waals surface area (Å²) in [4.78, 5) is 1.77. The van der Waals surface area contributed by atoms with E-state index in [4.69, 9.17) is 0 Å². The number of nitrogens with zero attached hydrogens (tertiary/aromatic N) is 4. The highest BCUT2D eigenvalue weighted by molar-refractivity contribution is 5.73. The van der Waals surface area contributed by atoms with Gasteiger partial charge in [0.25, 0.3) is 0 Å². The van der Waals surface area contributed by atoms with Gasteiger partial charge in [0.15, 0.2) is 0 Å². The lowest BCUT2D eigenvalue weighted by Gasteiger charge is -2.23. The Balaban J connectivity index is 1.53. The summed E-state index contributed by atoms with van der Waals surface area (Å²) in [5.41, 5.74) is 4.51. The van der Waals surface area contributed by atoms with Gasteiger partial charge in [0.05, 0.1) is 0 Å². The molecule has 1 heterocycles. The highest BCUT2D eigenvalue weighted by atomic mass is 15.8. The molecule has 0 saturated heterocycles. The Labute approximate surface area is 153 Å². The molecule has 0 unspecified atom stereocenters. The van der Waals surface area contributed by atoms with Gasteiger partial charge in [0.2, 0.25) is 0 Å². The van der Waals surface area contributed by atoms with E-state index in [-0.39, 0.29) is 0 Å². The molecule has 4 aromatic rings. The second-order valence-electron chi connectivity index (χ2n) is 6.38. The maximum atomic E-state index is 4.67. The van der Waals surface area contributed by atoms with Crippen LogP contribution in [0, 0.1) is 0 Å². The van der Waals surface area contributed by atoms with Gasteiger partial charge in [-0.15, -0.1) is 10.2 Å². The molecule has 0 N–H and O–H groups in total. The van der Waals surface area contributed by atoms with Crippen molar-refractivity contribution in [2.24, 2.45) is 0 Å². The average Bonchev–Trinajstić information content (AvgIpc) is 3.13. The molecule has 0 spiro atoms. The fourth-order valence-corrected chi connectivity index (χ4v) is 3.07. The Bertz CT molecular complexity index is 871. The van der Waals surface area contributed by atoms with Crippen molar-refractivity contribution in [1.29, 1.82) is 0 Å². The maximum Gasteiger partial charge on any atom is 0.115 e. The molecule has 3 aromatic carbocycles. The fraction of sp³-hybridized carbons (Fsp3) is 0.182. The molecule has 0 aliphatic heterocycles. The van der Waals surface area contributed by atoms with E-state index in [9.17, 15) is 0 Å². The lowest BCUT2D eigenvalue weighted by Crippen LogP contribution is -2.40. The van der Waals surface area contributed by atoms with E-state index in [0.717, 1.165) is 37.0 Å². The Morgan fingerprint density at radius 2 is 1.00 bits per heavy atom. The van der Waals surface area contributed by atoms with Crippen molar-refractivity contribution in [2.45, 2.75) is 12.8 Å². The number of hydrogen-bond donors (Lipinski definition) is 0. The Kier molecular flexibility index (Phi) is 4.92. The minimum absolute atomic E-state index is 0.873. The van der Waals surface area contributed by atoms with Gasteiger partial charge in [-0.25, -0.2) is 0 Å². The lowest BCUT2D eigenvalue weighted by atomic mass is 10.1. The van der Waals surface area contributed by atoms with Crippen molar-refractivity contribution in [1.82, 2.24) is 15.1 Å². The van der Waals surface area contributed by atoms with Gasteiger partial charge < -0.3 is 0 Å². The normalized spacial score (nSPS) is 10.9. The molecule has 4 heteroatoms. The summed E-state index contributed by atoms with van der Waals surface area (Å²) in [7, 11) is 0. The number of hydrogen-bond acceptors (Lipinski definition) is 3. The molecule has 0 aliphatic rings. The van der Waals surface area contributed by atoms with Gasteiger partial charge in [-0.05, 0) is 36.1 Å². The van der Waals surface area contributed by atoms with Crippen LogP contribution in [0.4, 0.5) is 0 Å². The largest absolute Gasteiger partial charge is 0.279 e. The third-order valence-corrected chi connectivity index (χ3v) is 4.53. The van der Waals surface area contributed by atoms with E-state index in [1.807, 2.05) is 24.3 Å². The third kappa shape index (κ3) is 3.91. The molecule has 4 nitrogen and oxygen atoms in total. The van der Waals surface area contributed by atoms with E-state index >= 15 is 0 Å². The SMILES string of the molecule is c1ccc(CCN(CCc2ccccc2)n2nc3ccccc3n2)cc1. The minimum atomic E-state index is 0.873. The molecule has 4 rings (SSSR count). The fourth-order valence-electron chi connectivity index (χ4n) is 3.07. The Hall–Kier alpha value is -3.14. The predicted molar refractivity (Wildman–Crippen MR) is 106 cm³/mol. The van der Waals surface area contributed by atoms with Crippen molar-refractivity contribution >= 4 is 11.0 Å². The van der Waals surface area contributed by atoms with E-state index in [1.54, 1.807) is 4.91 Å². The summed E-state index contributed by atoms with van der Waals surface area (Å²) in [6, 6.07) is 29.1.